The van der Waals surface area contributed by atoms with Crippen molar-refractivity contribution in [3.05, 3.63) is 101 Å². The fourth-order valence-corrected chi connectivity index (χ4v) is 4.34. The standard InChI is InChI=1S/C29H24N2O6/c1-17(28(33)31-25(29(34)35)13-19-16-30-24-10-6-5-9-21(19)24)36-20-11-12-22-23(18-7-3-2-4-8-18)15-27(32)37-26(22)14-20/h2-12,14-17,25,30H,13H2,1H3,(H,31,33)(H,34,35)/t17-,25+/m1/s1. The number of amides is 1. The second-order valence-corrected chi connectivity index (χ2v) is 8.73. The molecule has 0 spiro atoms. The topological polar surface area (TPSA) is 122 Å². The minimum atomic E-state index is -1.15. The molecule has 0 aliphatic rings. The van der Waals surface area contributed by atoms with Crippen molar-refractivity contribution in [3.63, 3.8) is 0 Å². The molecule has 0 saturated carbocycles. The van der Waals surface area contributed by atoms with E-state index in [2.05, 4.69) is 10.3 Å². The van der Waals surface area contributed by atoms with Gasteiger partial charge in [0.25, 0.3) is 5.91 Å². The second-order valence-electron chi connectivity index (χ2n) is 8.73. The van der Waals surface area contributed by atoms with E-state index >= 15 is 0 Å². The fraction of sp³-hybridized carbons (Fsp3) is 0.138. The van der Waals surface area contributed by atoms with Crippen molar-refractivity contribution < 1.29 is 23.8 Å². The lowest BCUT2D eigenvalue weighted by atomic mass is 10.0. The van der Waals surface area contributed by atoms with Crippen LogP contribution in [0.4, 0.5) is 0 Å². The molecule has 8 nitrogen and oxygen atoms in total. The Balaban J connectivity index is 1.32. The summed E-state index contributed by atoms with van der Waals surface area (Å²) < 4.78 is 11.2. The number of para-hydroxylation sites is 1. The number of aromatic nitrogens is 1. The molecule has 2 aromatic heterocycles. The number of aliphatic carboxylic acids is 1. The Labute approximate surface area is 211 Å². The van der Waals surface area contributed by atoms with E-state index in [0.717, 1.165) is 33.0 Å². The van der Waals surface area contributed by atoms with Crippen LogP contribution >= 0.6 is 0 Å². The number of rotatable bonds is 8. The van der Waals surface area contributed by atoms with E-state index in [-0.39, 0.29) is 6.42 Å². The monoisotopic (exact) mass is 496 g/mol. The summed E-state index contributed by atoms with van der Waals surface area (Å²) in [7, 11) is 0. The molecule has 2 atom stereocenters. The van der Waals surface area contributed by atoms with Gasteiger partial charge in [0.15, 0.2) is 6.10 Å². The zero-order valence-corrected chi connectivity index (χ0v) is 19.9. The number of nitrogens with one attached hydrogen (secondary N) is 2. The number of hydrogen-bond acceptors (Lipinski definition) is 5. The number of carbonyl (C=O) groups excluding carboxylic acids is 1. The average Bonchev–Trinajstić information content (AvgIpc) is 3.30. The minimum Gasteiger partial charge on any atom is -0.481 e. The maximum absolute atomic E-state index is 12.8. The first-order chi connectivity index (χ1) is 17.9. The van der Waals surface area contributed by atoms with Gasteiger partial charge in [0.05, 0.1) is 0 Å². The van der Waals surface area contributed by atoms with Crippen molar-refractivity contribution in [3.8, 4) is 16.9 Å². The van der Waals surface area contributed by atoms with Crippen molar-refractivity contribution in [2.45, 2.75) is 25.5 Å². The average molecular weight is 497 g/mol. The molecule has 0 aliphatic heterocycles. The van der Waals surface area contributed by atoms with Gasteiger partial charge in [-0.1, -0.05) is 48.5 Å². The van der Waals surface area contributed by atoms with E-state index in [4.69, 9.17) is 9.15 Å². The van der Waals surface area contributed by atoms with Gasteiger partial charge in [0.2, 0.25) is 0 Å². The van der Waals surface area contributed by atoms with Crippen LogP contribution in [0.25, 0.3) is 33.0 Å². The van der Waals surface area contributed by atoms with Gasteiger partial charge in [-0.3, -0.25) is 4.79 Å². The fourth-order valence-electron chi connectivity index (χ4n) is 4.34. The molecule has 2 heterocycles. The number of benzene rings is 3. The van der Waals surface area contributed by atoms with Crippen LogP contribution in [0.15, 0.2) is 94.3 Å². The molecule has 0 bridgehead atoms. The van der Waals surface area contributed by atoms with Gasteiger partial charge in [-0.25, -0.2) is 9.59 Å². The van der Waals surface area contributed by atoms with Crippen molar-refractivity contribution in [1.29, 1.82) is 0 Å². The summed E-state index contributed by atoms with van der Waals surface area (Å²) >= 11 is 0. The van der Waals surface area contributed by atoms with Crippen LogP contribution in [-0.4, -0.2) is 34.1 Å². The Morgan fingerprint density at radius 2 is 1.76 bits per heavy atom. The summed E-state index contributed by atoms with van der Waals surface area (Å²) in [5, 5.41) is 13.9. The van der Waals surface area contributed by atoms with Crippen molar-refractivity contribution in [2.75, 3.05) is 0 Å². The van der Waals surface area contributed by atoms with Gasteiger partial charge >= 0.3 is 11.6 Å². The smallest absolute Gasteiger partial charge is 0.336 e. The molecule has 5 rings (SSSR count). The van der Waals surface area contributed by atoms with Gasteiger partial charge in [0.1, 0.15) is 17.4 Å². The predicted octanol–water partition coefficient (Wildman–Crippen LogP) is 4.52. The largest absolute Gasteiger partial charge is 0.481 e. The van der Waals surface area contributed by atoms with Crippen LogP contribution in [0.5, 0.6) is 5.75 Å². The van der Waals surface area contributed by atoms with Crippen molar-refractivity contribution >= 4 is 33.7 Å². The van der Waals surface area contributed by atoms with E-state index in [9.17, 15) is 19.5 Å². The van der Waals surface area contributed by atoms with Gasteiger partial charge in [-0.05, 0) is 41.8 Å². The molecule has 1 amide bonds. The maximum Gasteiger partial charge on any atom is 0.336 e. The quantitative estimate of drug-likeness (QED) is 0.272. The van der Waals surface area contributed by atoms with E-state index in [1.165, 1.54) is 13.0 Å². The molecule has 3 N–H and O–H groups in total. The second kappa shape index (κ2) is 10.0. The van der Waals surface area contributed by atoms with Crippen LogP contribution < -0.4 is 15.7 Å². The van der Waals surface area contributed by atoms with Gasteiger partial charge in [0, 0.05) is 41.0 Å². The van der Waals surface area contributed by atoms with Crippen LogP contribution in [0.3, 0.4) is 0 Å². The number of carbonyl (C=O) groups is 2. The number of carboxylic acid groups (broad SMARTS) is 1. The van der Waals surface area contributed by atoms with Crippen molar-refractivity contribution in [2.24, 2.45) is 0 Å². The zero-order chi connectivity index (χ0) is 25.9. The lowest BCUT2D eigenvalue weighted by molar-refractivity contribution is -0.142. The van der Waals surface area contributed by atoms with Crippen LogP contribution in [0.1, 0.15) is 12.5 Å². The third kappa shape index (κ3) is 5.08. The van der Waals surface area contributed by atoms with Crippen LogP contribution in [0, 0.1) is 0 Å². The third-order valence-corrected chi connectivity index (χ3v) is 6.20. The summed E-state index contributed by atoms with van der Waals surface area (Å²) in [6, 6.07) is 22.3. The maximum atomic E-state index is 12.8. The Bertz CT molecular complexity index is 1650. The SMILES string of the molecule is C[C@@H](Oc1ccc2c(-c3ccccc3)cc(=O)oc2c1)C(=O)N[C@@H](Cc1c[nH]c2ccccc12)C(=O)O. The summed E-state index contributed by atoms with van der Waals surface area (Å²) in [4.78, 5) is 40.0. The molecule has 0 aliphatic carbocycles. The van der Waals surface area contributed by atoms with Gasteiger partial charge in [-0.15, -0.1) is 0 Å². The van der Waals surface area contributed by atoms with E-state index in [0.29, 0.717) is 11.3 Å². The molecule has 37 heavy (non-hydrogen) atoms. The first-order valence-corrected chi connectivity index (χ1v) is 11.8. The number of hydrogen-bond donors (Lipinski definition) is 3. The summed E-state index contributed by atoms with van der Waals surface area (Å²) in [5.74, 6) is -1.41. The molecule has 0 fully saturated rings. The molecule has 0 unspecified atom stereocenters. The van der Waals surface area contributed by atoms with Crippen LogP contribution in [-0.2, 0) is 16.0 Å². The van der Waals surface area contributed by atoms with Gasteiger partial charge in [-0.2, -0.15) is 0 Å². The minimum absolute atomic E-state index is 0.112. The highest BCUT2D eigenvalue weighted by Crippen LogP contribution is 2.30. The Morgan fingerprint density at radius 3 is 2.54 bits per heavy atom. The highest BCUT2D eigenvalue weighted by atomic mass is 16.5. The molecule has 3 aromatic carbocycles. The number of aromatic amines is 1. The first kappa shape index (κ1) is 23.9. The lowest BCUT2D eigenvalue weighted by Crippen LogP contribution is -2.47. The predicted molar refractivity (Wildman–Crippen MR) is 140 cm³/mol. The van der Waals surface area contributed by atoms with E-state index < -0.39 is 29.6 Å². The molecular weight excluding hydrogens is 472 g/mol. The Hall–Kier alpha value is -4.85. The lowest BCUT2D eigenvalue weighted by Gasteiger charge is -2.19. The summed E-state index contributed by atoms with van der Waals surface area (Å²) in [6.45, 7) is 1.53. The number of carboxylic acids is 1. The zero-order valence-electron chi connectivity index (χ0n) is 19.9. The highest BCUT2D eigenvalue weighted by molar-refractivity contribution is 5.94. The normalized spacial score (nSPS) is 12.8. The number of H-pyrrole nitrogens is 1. The summed E-state index contributed by atoms with van der Waals surface area (Å²) in [6.07, 6.45) is 0.867. The van der Waals surface area contributed by atoms with E-state index in [1.807, 2.05) is 54.6 Å². The first-order valence-electron chi connectivity index (χ1n) is 11.8. The van der Waals surface area contributed by atoms with Gasteiger partial charge < -0.3 is 24.6 Å². The number of fused-ring (bicyclic) bond motifs is 2. The summed E-state index contributed by atoms with van der Waals surface area (Å²) in [5.41, 5.74) is 3.09. The Kier molecular flexibility index (Phi) is 6.47. The van der Waals surface area contributed by atoms with Crippen LogP contribution in [0.2, 0.25) is 0 Å². The molecule has 5 aromatic rings. The van der Waals surface area contributed by atoms with E-state index in [1.54, 1.807) is 24.4 Å². The van der Waals surface area contributed by atoms with Crippen molar-refractivity contribution in [1.82, 2.24) is 10.3 Å². The number of ether oxygens (including phenoxy) is 1. The molecule has 0 radical (unpaired) electrons. The molecular formula is C29H24N2O6. The highest BCUT2D eigenvalue weighted by Gasteiger charge is 2.25. The molecule has 186 valence electrons. The molecule has 0 saturated heterocycles. The Morgan fingerprint density at radius 1 is 1.00 bits per heavy atom. The molecule has 8 heteroatoms. The third-order valence-electron chi connectivity index (χ3n) is 6.20.